The van der Waals surface area contributed by atoms with Gasteiger partial charge >= 0.3 is 156 Å². The number of hydrogen-bond acceptors (Lipinski definition) is 4. The SMILES string of the molecule is CC(C(=O)OC1CC2CC(CC(O)(C(F)(F)F)C(F)(F)F)C1C2)C1N[I-]1. The van der Waals surface area contributed by atoms with E-state index >= 15 is 0 Å². The number of nitrogens with one attached hydrogen (secondary N) is 1. The van der Waals surface area contributed by atoms with Gasteiger partial charge in [-0.3, -0.25) is 0 Å². The van der Waals surface area contributed by atoms with Crippen LogP contribution in [-0.4, -0.2) is 39.2 Å². The predicted molar refractivity (Wildman–Crippen MR) is 72.0 cm³/mol. The molecule has 2 bridgehead atoms. The summed E-state index contributed by atoms with van der Waals surface area (Å²) in [7, 11) is 0. The number of hydrogen-bond donors (Lipinski definition) is 2. The molecule has 3 rings (SSSR count). The van der Waals surface area contributed by atoms with Gasteiger partial charge in [-0.1, -0.05) is 0 Å². The van der Waals surface area contributed by atoms with Crippen LogP contribution >= 0.6 is 0 Å². The van der Waals surface area contributed by atoms with E-state index in [4.69, 9.17) is 4.74 Å². The van der Waals surface area contributed by atoms with Crippen molar-refractivity contribution in [2.24, 2.45) is 23.7 Å². The molecule has 4 nitrogen and oxygen atoms in total. The second-order valence-electron chi connectivity index (χ2n) is 7.44. The molecule has 0 amide bonds. The van der Waals surface area contributed by atoms with Gasteiger partial charge in [0.15, 0.2) is 0 Å². The molecular weight excluding hydrogens is 483 g/mol. The zero-order valence-corrected chi connectivity index (χ0v) is 15.9. The van der Waals surface area contributed by atoms with Crippen molar-refractivity contribution in [2.45, 2.75) is 60.7 Å². The van der Waals surface area contributed by atoms with Gasteiger partial charge in [0.25, 0.3) is 0 Å². The Labute approximate surface area is 156 Å². The first-order valence-electron chi connectivity index (χ1n) is 8.27. The summed E-state index contributed by atoms with van der Waals surface area (Å²) in [5.74, 6) is -2.45. The molecule has 1 saturated heterocycles. The first-order chi connectivity index (χ1) is 11.8. The number of fused-ring (bicyclic) bond motifs is 2. The van der Waals surface area contributed by atoms with Crippen molar-refractivity contribution in [3.05, 3.63) is 0 Å². The Kier molecular flexibility index (Phi) is 5.22. The molecule has 1 heterocycles. The van der Waals surface area contributed by atoms with Crippen molar-refractivity contribution in [1.82, 2.24) is 3.53 Å². The summed E-state index contributed by atoms with van der Waals surface area (Å²) in [5.41, 5.74) is -4.74. The zero-order valence-electron chi connectivity index (χ0n) is 13.7. The number of rotatable bonds is 5. The van der Waals surface area contributed by atoms with Gasteiger partial charge in [-0.25, -0.2) is 0 Å². The fourth-order valence-electron chi connectivity index (χ4n) is 4.17. The average molecular weight is 502 g/mol. The molecule has 11 heteroatoms. The summed E-state index contributed by atoms with van der Waals surface area (Å²) in [6.45, 7) is 1.70. The number of halogens is 7. The van der Waals surface area contributed by atoms with Crippen LogP contribution in [0.1, 0.15) is 32.6 Å². The Hall–Kier alpha value is -0.300. The number of ether oxygens (including phenoxy) is 1. The average Bonchev–Trinajstić information content (AvgIpc) is 3.17. The van der Waals surface area contributed by atoms with Crippen LogP contribution in [0.25, 0.3) is 0 Å². The second kappa shape index (κ2) is 6.64. The van der Waals surface area contributed by atoms with Crippen molar-refractivity contribution in [3.63, 3.8) is 0 Å². The minimum absolute atomic E-state index is 0.0738. The first-order valence-corrected chi connectivity index (χ1v) is 10.6. The van der Waals surface area contributed by atoms with Crippen molar-refractivity contribution >= 4 is 5.97 Å². The fraction of sp³-hybridized carbons (Fsp3) is 0.933. The van der Waals surface area contributed by atoms with Gasteiger partial charge in [0, 0.05) is 0 Å². The predicted octanol–water partition coefficient (Wildman–Crippen LogP) is -0.241. The van der Waals surface area contributed by atoms with E-state index in [0.29, 0.717) is 12.8 Å². The summed E-state index contributed by atoms with van der Waals surface area (Å²) in [6, 6.07) is 0. The standard InChI is InChI=1S/C15H19F6INO3/c1-6(11-22-23-11)12(24)26-10-4-7-2-8(9(10)3-7)5-13(25,14(16,17)18)15(19,20)21/h6-11,23,25H,2-5H2,1H3/q-1. The Morgan fingerprint density at radius 2 is 1.77 bits per heavy atom. The van der Waals surface area contributed by atoms with Gasteiger partial charge in [-0.15, -0.1) is 0 Å². The molecule has 6 atom stereocenters. The summed E-state index contributed by atoms with van der Waals surface area (Å²) >= 11 is -0.214. The Balaban J connectivity index is 1.69. The van der Waals surface area contributed by atoms with Crippen molar-refractivity contribution in [2.75, 3.05) is 0 Å². The Bertz CT molecular complexity index is 551. The van der Waals surface area contributed by atoms with Crippen LogP contribution in [0.3, 0.4) is 0 Å². The molecule has 0 aromatic rings. The molecule has 3 aliphatic rings. The molecule has 3 fully saturated rings. The molecule has 2 aliphatic carbocycles. The second-order valence-corrected chi connectivity index (χ2v) is 10.0. The third-order valence-corrected chi connectivity index (χ3v) is 8.12. The van der Waals surface area contributed by atoms with Crippen LogP contribution in [0.5, 0.6) is 0 Å². The van der Waals surface area contributed by atoms with Gasteiger partial charge in [0.2, 0.25) is 0 Å². The molecule has 2 N–H and O–H groups in total. The van der Waals surface area contributed by atoms with Gasteiger partial charge in [-0.05, 0) is 0 Å². The van der Waals surface area contributed by atoms with Crippen molar-refractivity contribution in [3.8, 4) is 0 Å². The van der Waals surface area contributed by atoms with Gasteiger partial charge in [0.05, 0.1) is 0 Å². The quantitative estimate of drug-likeness (QED) is 0.104. The van der Waals surface area contributed by atoms with Crippen molar-refractivity contribution in [1.29, 1.82) is 0 Å². The van der Waals surface area contributed by atoms with Crippen LogP contribution in [0.15, 0.2) is 0 Å². The van der Waals surface area contributed by atoms with Crippen LogP contribution < -0.4 is 25.0 Å². The number of carbonyl (C=O) groups is 1. The zero-order chi connectivity index (χ0) is 19.5. The Morgan fingerprint density at radius 1 is 1.19 bits per heavy atom. The fourth-order valence-corrected chi connectivity index (χ4v) is 5.75. The van der Waals surface area contributed by atoms with Gasteiger partial charge < -0.3 is 0 Å². The number of carbonyl (C=O) groups excluding carboxylic acids is 1. The Morgan fingerprint density at radius 3 is 2.23 bits per heavy atom. The summed E-state index contributed by atoms with van der Waals surface area (Å²) in [5, 5.41) is 9.45. The monoisotopic (exact) mass is 502 g/mol. The number of esters is 1. The third kappa shape index (κ3) is 3.67. The van der Waals surface area contributed by atoms with Crippen LogP contribution in [0.2, 0.25) is 0 Å². The van der Waals surface area contributed by atoms with Gasteiger partial charge in [-0.2, -0.15) is 0 Å². The van der Waals surface area contributed by atoms with E-state index in [-0.39, 0.29) is 43.8 Å². The minimum atomic E-state index is -5.81. The molecule has 0 aromatic carbocycles. The molecule has 0 aromatic heterocycles. The van der Waals surface area contributed by atoms with E-state index in [0.717, 1.165) is 0 Å². The third-order valence-electron chi connectivity index (χ3n) is 5.70. The van der Waals surface area contributed by atoms with Crippen LogP contribution in [0, 0.1) is 23.7 Å². The maximum absolute atomic E-state index is 12.9. The van der Waals surface area contributed by atoms with Crippen LogP contribution in [-0.2, 0) is 9.53 Å². The van der Waals surface area contributed by atoms with E-state index in [1.54, 1.807) is 6.92 Å². The molecule has 0 radical (unpaired) electrons. The van der Waals surface area contributed by atoms with Crippen molar-refractivity contribution < 1.29 is 62.5 Å². The summed E-state index contributed by atoms with van der Waals surface area (Å²) in [4.78, 5) is 12.1. The molecule has 6 unspecified atom stereocenters. The molecule has 1 aliphatic heterocycles. The van der Waals surface area contributed by atoms with E-state index in [2.05, 4.69) is 3.53 Å². The summed E-state index contributed by atoms with van der Waals surface area (Å²) < 4.78 is 86.3. The molecule has 152 valence electrons. The topological polar surface area (TPSA) is 68.5 Å². The number of alkyl halides is 7. The molecule has 26 heavy (non-hydrogen) atoms. The normalized spacial score (nSPS) is 35.8. The van der Waals surface area contributed by atoms with E-state index in [1.807, 2.05) is 0 Å². The van der Waals surface area contributed by atoms with E-state index in [9.17, 15) is 36.2 Å². The summed E-state index contributed by atoms with van der Waals surface area (Å²) in [6.07, 6.45) is -12.7. The molecule has 0 spiro atoms. The molecular formula is C15H19F6INO3-. The van der Waals surface area contributed by atoms with Crippen LogP contribution in [0.4, 0.5) is 26.3 Å². The van der Waals surface area contributed by atoms with E-state index in [1.165, 1.54) is 0 Å². The van der Waals surface area contributed by atoms with Gasteiger partial charge in [0.1, 0.15) is 0 Å². The van der Waals surface area contributed by atoms with E-state index < -0.39 is 48.3 Å². The number of aliphatic hydroxyl groups is 1. The maximum atomic E-state index is 12.9. The first kappa shape index (κ1) is 20.4. The molecule has 2 saturated carbocycles.